The molecule has 0 saturated carbocycles. The fraction of sp³-hybridized carbons (Fsp3) is 0.600. The van der Waals surface area contributed by atoms with Gasteiger partial charge in [-0.1, -0.05) is 13.8 Å². The Hall–Kier alpha value is -0.720. The molecular weight excluding hydrogens is 348 g/mol. The average Bonchev–Trinajstić information content (AvgIpc) is 3.09. The molecule has 0 amide bonds. The zero-order valence-corrected chi connectivity index (χ0v) is 15.5. The molecule has 4 nitrogen and oxygen atoms in total. The van der Waals surface area contributed by atoms with Gasteiger partial charge < -0.3 is 5.32 Å². The van der Waals surface area contributed by atoms with E-state index in [-0.39, 0.29) is 6.04 Å². The highest BCUT2D eigenvalue weighted by Gasteiger charge is 2.16. The first-order valence-corrected chi connectivity index (χ1v) is 9.13. The van der Waals surface area contributed by atoms with E-state index in [1.165, 1.54) is 10.6 Å². The summed E-state index contributed by atoms with van der Waals surface area (Å²) in [6.07, 6.45) is 3.99. The van der Waals surface area contributed by atoms with Crippen LogP contribution in [0, 0.1) is 0 Å². The molecule has 2 rings (SSSR count). The summed E-state index contributed by atoms with van der Waals surface area (Å²) in [5, 5.41) is 9.35. The molecule has 2 aromatic rings. The zero-order valence-electron chi connectivity index (χ0n) is 13.1. The number of thiazole rings is 1. The van der Waals surface area contributed by atoms with Gasteiger partial charge in [0.25, 0.3) is 0 Å². The molecule has 0 aliphatic carbocycles. The second kappa shape index (κ2) is 7.51. The van der Waals surface area contributed by atoms with E-state index in [9.17, 15) is 0 Å². The molecule has 2 aromatic heterocycles. The van der Waals surface area contributed by atoms with Crippen LogP contribution in [-0.2, 0) is 25.9 Å². The van der Waals surface area contributed by atoms with Crippen LogP contribution in [0.2, 0.25) is 0 Å². The fourth-order valence-electron chi connectivity index (χ4n) is 2.21. The van der Waals surface area contributed by atoms with Gasteiger partial charge in [0, 0.05) is 24.2 Å². The molecule has 21 heavy (non-hydrogen) atoms. The lowest BCUT2D eigenvalue weighted by molar-refractivity contribution is 0.528. The summed E-state index contributed by atoms with van der Waals surface area (Å²) in [6, 6.07) is 0.257. The van der Waals surface area contributed by atoms with Crippen LogP contribution in [0.15, 0.2) is 10.7 Å². The van der Waals surface area contributed by atoms with E-state index in [1.54, 1.807) is 11.3 Å². The van der Waals surface area contributed by atoms with Gasteiger partial charge in [-0.3, -0.25) is 4.68 Å². The molecule has 0 radical (unpaired) electrons. The van der Waals surface area contributed by atoms with Gasteiger partial charge in [0.1, 0.15) is 5.01 Å². The van der Waals surface area contributed by atoms with Crippen LogP contribution < -0.4 is 5.32 Å². The maximum Gasteiger partial charge on any atom is 0.109 e. The van der Waals surface area contributed by atoms with Gasteiger partial charge in [0.2, 0.25) is 0 Å². The van der Waals surface area contributed by atoms with Crippen molar-refractivity contribution in [3.8, 4) is 0 Å². The molecule has 1 atom stereocenters. The standard InChI is InChI=1S/C15H23BrN4S/c1-5-11-8-18-15(21-11)10(4)17-9-13-14(16)12(6-2)19-20(13)7-3/h8,10,17H,5-7,9H2,1-4H3. The molecule has 6 heteroatoms. The molecule has 0 spiro atoms. The van der Waals surface area contributed by atoms with Crippen molar-refractivity contribution < 1.29 is 0 Å². The summed E-state index contributed by atoms with van der Waals surface area (Å²) < 4.78 is 3.21. The molecule has 0 aliphatic rings. The Morgan fingerprint density at radius 1 is 1.33 bits per heavy atom. The largest absolute Gasteiger partial charge is 0.302 e. The van der Waals surface area contributed by atoms with E-state index in [4.69, 9.17) is 0 Å². The first-order chi connectivity index (χ1) is 10.1. The molecular formula is C15H23BrN4S. The van der Waals surface area contributed by atoms with Crippen molar-refractivity contribution in [3.05, 3.63) is 31.9 Å². The Balaban J connectivity index is 2.07. The van der Waals surface area contributed by atoms with Gasteiger partial charge in [-0.15, -0.1) is 11.3 Å². The Labute approximate surface area is 139 Å². The van der Waals surface area contributed by atoms with Crippen molar-refractivity contribution in [2.24, 2.45) is 0 Å². The van der Waals surface area contributed by atoms with E-state index >= 15 is 0 Å². The van der Waals surface area contributed by atoms with Crippen LogP contribution in [0.4, 0.5) is 0 Å². The Bertz CT molecular complexity index is 591. The molecule has 2 heterocycles. The fourth-order valence-corrected chi connectivity index (χ4v) is 3.80. The maximum absolute atomic E-state index is 4.63. The van der Waals surface area contributed by atoms with Gasteiger partial charge in [-0.25, -0.2) is 4.98 Å². The second-order valence-corrected chi connectivity index (χ2v) is 6.94. The molecule has 1 N–H and O–H groups in total. The number of hydrogen-bond acceptors (Lipinski definition) is 4. The van der Waals surface area contributed by atoms with E-state index in [2.05, 4.69) is 63.7 Å². The van der Waals surface area contributed by atoms with Crippen LogP contribution in [-0.4, -0.2) is 14.8 Å². The number of aromatic nitrogens is 3. The Morgan fingerprint density at radius 3 is 2.67 bits per heavy atom. The first-order valence-electron chi connectivity index (χ1n) is 7.52. The van der Waals surface area contributed by atoms with Crippen molar-refractivity contribution in [2.45, 2.75) is 59.7 Å². The third-order valence-corrected chi connectivity index (χ3v) is 5.80. The summed E-state index contributed by atoms with van der Waals surface area (Å²) in [5.41, 5.74) is 2.34. The lowest BCUT2D eigenvalue weighted by Crippen LogP contribution is -2.20. The number of nitrogens with one attached hydrogen (secondary N) is 1. The minimum absolute atomic E-state index is 0.257. The van der Waals surface area contributed by atoms with Crippen LogP contribution in [0.25, 0.3) is 0 Å². The van der Waals surface area contributed by atoms with Crippen LogP contribution in [0.1, 0.15) is 55.0 Å². The van der Waals surface area contributed by atoms with Crippen LogP contribution in [0.3, 0.4) is 0 Å². The van der Waals surface area contributed by atoms with Crippen molar-refractivity contribution in [2.75, 3.05) is 0 Å². The predicted molar refractivity (Wildman–Crippen MR) is 91.7 cm³/mol. The molecule has 0 fully saturated rings. The number of hydrogen-bond donors (Lipinski definition) is 1. The first kappa shape index (κ1) is 16.6. The number of halogens is 1. The molecule has 0 bridgehead atoms. The Kier molecular flexibility index (Phi) is 5.96. The van der Waals surface area contributed by atoms with E-state index in [0.717, 1.165) is 41.1 Å². The van der Waals surface area contributed by atoms with E-state index in [1.807, 2.05) is 6.20 Å². The zero-order chi connectivity index (χ0) is 15.4. The molecule has 116 valence electrons. The molecule has 0 aliphatic heterocycles. The predicted octanol–water partition coefficient (Wildman–Crippen LogP) is 4.10. The lowest BCUT2D eigenvalue weighted by Gasteiger charge is -2.12. The van der Waals surface area contributed by atoms with Crippen LogP contribution in [0.5, 0.6) is 0 Å². The normalized spacial score (nSPS) is 12.8. The second-order valence-electron chi connectivity index (χ2n) is 5.00. The number of aryl methyl sites for hydroxylation is 3. The van der Waals surface area contributed by atoms with Gasteiger partial charge in [0.15, 0.2) is 0 Å². The summed E-state index contributed by atoms with van der Waals surface area (Å²) >= 11 is 5.48. The van der Waals surface area contributed by atoms with Gasteiger partial charge in [-0.05, 0) is 42.6 Å². The maximum atomic E-state index is 4.63. The summed E-state index contributed by atoms with van der Waals surface area (Å²) in [5.74, 6) is 0. The summed E-state index contributed by atoms with van der Waals surface area (Å²) in [7, 11) is 0. The number of rotatable bonds is 7. The minimum atomic E-state index is 0.257. The third-order valence-electron chi connectivity index (χ3n) is 3.56. The lowest BCUT2D eigenvalue weighted by atomic mass is 10.3. The third kappa shape index (κ3) is 3.73. The van der Waals surface area contributed by atoms with Crippen molar-refractivity contribution in [3.63, 3.8) is 0 Å². The van der Waals surface area contributed by atoms with Crippen molar-refractivity contribution in [1.82, 2.24) is 20.1 Å². The molecule has 1 unspecified atom stereocenters. The van der Waals surface area contributed by atoms with Gasteiger partial charge >= 0.3 is 0 Å². The topological polar surface area (TPSA) is 42.7 Å². The highest BCUT2D eigenvalue weighted by Crippen LogP contribution is 2.24. The van der Waals surface area contributed by atoms with Crippen molar-refractivity contribution >= 4 is 27.3 Å². The minimum Gasteiger partial charge on any atom is -0.302 e. The van der Waals surface area contributed by atoms with E-state index < -0.39 is 0 Å². The van der Waals surface area contributed by atoms with Crippen LogP contribution >= 0.6 is 27.3 Å². The molecule has 0 aromatic carbocycles. The smallest absolute Gasteiger partial charge is 0.109 e. The summed E-state index contributed by atoms with van der Waals surface area (Å²) in [4.78, 5) is 5.85. The average molecular weight is 371 g/mol. The monoisotopic (exact) mass is 370 g/mol. The quantitative estimate of drug-likeness (QED) is 0.797. The van der Waals surface area contributed by atoms with Gasteiger partial charge in [-0.2, -0.15) is 5.10 Å². The number of nitrogens with zero attached hydrogens (tertiary/aromatic N) is 3. The van der Waals surface area contributed by atoms with Gasteiger partial charge in [0.05, 0.1) is 21.9 Å². The SMILES string of the molecule is CCc1cnc(C(C)NCc2c(Br)c(CC)nn2CC)s1. The summed E-state index contributed by atoms with van der Waals surface area (Å²) in [6.45, 7) is 10.3. The Morgan fingerprint density at radius 2 is 2.10 bits per heavy atom. The van der Waals surface area contributed by atoms with E-state index in [0.29, 0.717) is 0 Å². The highest BCUT2D eigenvalue weighted by atomic mass is 79.9. The van der Waals surface area contributed by atoms with Crippen molar-refractivity contribution in [1.29, 1.82) is 0 Å². The highest BCUT2D eigenvalue weighted by molar-refractivity contribution is 9.10. The molecule has 0 saturated heterocycles.